The molecule has 2 rings (SSSR count). The van der Waals surface area contributed by atoms with Gasteiger partial charge in [0.1, 0.15) is 17.5 Å². The Labute approximate surface area is 114 Å². The summed E-state index contributed by atoms with van der Waals surface area (Å²) in [5.74, 6) is 0.567. The molecular formula is C12H8Cl3NO. The van der Waals surface area contributed by atoms with Gasteiger partial charge in [-0.3, -0.25) is 0 Å². The molecule has 0 saturated carbocycles. The second-order valence-electron chi connectivity index (χ2n) is 3.32. The van der Waals surface area contributed by atoms with Crippen LogP contribution in [0.3, 0.4) is 0 Å². The van der Waals surface area contributed by atoms with Crippen molar-refractivity contribution in [2.24, 2.45) is 0 Å². The molecule has 17 heavy (non-hydrogen) atoms. The first-order valence-electron chi connectivity index (χ1n) is 4.84. The lowest BCUT2D eigenvalue weighted by Crippen LogP contribution is -1.98. The summed E-state index contributed by atoms with van der Waals surface area (Å²) in [6.07, 6.45) is 0. The van der Waals surface area contributed by atoms with Gasteiger partial charge in [-0.15, -0.1) is 0 Å². The predicted molar refractivity (Wildman–Crippen MR) is 70.0 cm³/mol. The van der Waals surface area contributed by atoms with E-state index in [4.69, 9.17) is 39.5 Å². The fourth-order valence-electron chi connectivity index (χ4n) is 1.27. The molecule has 1 aromatic carbocycles. The minimum atomic E-state index is 0.307. The van der Waals surface area contributed by atoms with Gasteiger partial charge in [0.05, 0.1) is 10.7 Å². The molecule has 0 bridgehead atoms. The Morgan fingerprint density at radius 1 is 1.06 bits per heavy atom. The second-order valence-corrected chi connectivity index (χ2v) is 4.55. The maximum absolute atomic E-state index is 5.97. The summed E-state index contributed by atoms with van der Waals surface area (Å²) in [6.45, 7) is 0.307. The number of pyridine rings is 1. The number of ether oxygens (including phenoxy) is 1. The number of rotatable bonds is 3. The monoisotopic (exact) mass is 287 g/mol. The van der Waals surface area contributed by atoms with Crippen molar-refractivity contribution in [1.82, 2.24) is 4.98 Å². The van der Waals surface area contributed by atoms with Gasteiger partial charge in [0.25, 0.3) is 0 Å². The smallest absolute Gasteiger partial charge is 0.138 e. The van der Waals surface area contributed by atoms with Crippen LogP contribution >= 0.6 is 34.8 Å². The van der Waals surface area contributed by atoms with Crippen LogP contribution in [0, 0.1) is 0 Å². The highest BCUT2D eigenvalue weighted by Gasteiger charge is 2.03. The van der Waals surface area contributed by atoms with E-state index in [0.717, 1.165) is 5.69 Å². The van der Waals surface area contributed by atoms with Gasteiger partial charge < -0.3 is 4.74 Å². The zero-order valence-corrected chi connectivity index (χ0v) is 10.9. The molecule has 0 spiro atoms. The second kappa shape index (κ2) is 5.58. The molecule has 0 N–H and O–H groups in total. The van der Waals surface area contributed by atoms with E-state index in [2.05, 4.69) is 4.98 Å². The molecule has 88 valence electrons. The van der Waals surface area contributed by atoms with E-state index in [0.29, 0.717) is 27.6 Å². The Morgan fingerprint density at radius 3 is 2.59 bits per heavy atom. The van der Waals surface area contributed by atoms with Crippen molar-refractivity contribution >= 4 is 34.8 Å². The van der Waals surface area contributed by atoms with Gasteiger partial charge in [0.15, 0.2) is 0 Å². The number of hydrogen-bond donors (Lipinski definition) is 0. The average molecular weight is 289 g/mol. The molecule has 0 aliphatic carbocycles. The van der Waals surface area contributed by atoms with Gasteiger partial charge >= 0.3 is 0 Å². The third-order valence-electron chi connectivity index (χ3n) is 2.04. The molecule has 2 aromatic rings. The van der Waals surface area contributed by atoms with Crippen LogP contribution in [0.4, 0.5) is 0 Å². The van der Waals surface area contributed by atoms with E-state index in [1.54, 1.807) is 24.3 Å². The summed E-state index contributed by atoms with van der Waals surface area (Å²) < 4.78 is 5.52. The first-order valence-corrected chi connectivity index (χ1v) is 5.98. The molecular weight excluding hydrogens is 280 g/mol. The lowest BCUT2D eigenvalue weighted by Gasteiger charge is -2.07. The highest BCUT2D eigenvalue weighted by atomic mass is 35.5. The molecule has 0 aliphatic rings. The van der Waals surface area contributed by atoms with Crippen molar-refractivity contribution in [3.63, 3.8) is 0 Å². The maximum Gasteiger partial charge on any atom is 0.138 e. The normalized spacial score (nSPS) is 10.3. The van der Waals surface area contributed by atoms with Gasteiger partial charge in [-0.05, 0) is 30.3 Å². The molecule has 0 unspecified atom stereocenters. The van der Waals surface area contributed by atoms with Crippen LogP contribution in [0.15, 0.2) is 36.4 Å². The van der Waals surface area contributed by atoms with E-state index in [9.17, 15) is 0 Å². The SMILES string of the molecule is Clc1ccc(OCc2cccc(Cl)n2)c(Cl)c1. The highest BCUT2D eigenvalue weighted by molar-refractivity contribution is 6.35. The van der Waals surface area contributed by atoms with Crippen LogP contribution in [0.2, 0.25) is 15.2 Å². The number of aromatic nitrogens is 1. The lowest BCUT2D eigenvalue weighted by atomic mass is 10.3. The largest absolute Gasteiger partial charge is 0.486 e. The van der Waals surface area contributed by atoms with Crippen LogP contribution in [0.25, 0.3) is 0 Å². The van der Waals surface area contributed by atoms with Crippen molar-refractivity contribution in [3.8, 4) is 5.75 Å². The van der Waals surface area contributed by atoms with Crippen molar-refractivity contribution in [1.29, 1.82) is 0 Å². The van der Waals surface area contributed by atoms with Crippen LogP contribution in [0.1, 0.15) is 5.69 Å². The van der Waals surface area contributed by atoms with Gasteiger partial charge in [0.2, 0.25) is 0 Å². The number of hydrogen-bond acceptors (Lipinski definition) is 2. The number of benzene rings is 1. The average Bonchev–Trinajstić information content (AvgIpc) is 2.28. The van der Waals surface area contributed by atoms with Crippen LogP contribution in [-0.2, 0) is 6.61 Å². The summed E-state index contributed by atoms with van der Waals surface area (Å²) in [7, 11) is 0. The molecule has 0 aliphatic heterocycles. The Morgan fingerprint density at radius 2 is 1.88 bits per heavy atom. The standard InChI is InChI=1S/C12H8Cl3NO/c13-8-4-5-11(10(14)6-8)17-7-9-2-1-3-12(15)16-9/h1-6H,7H2. The lowest BCUT2D eigenvalue weighted by molar-refractivity contribution is 0.301. The first kappa shape index (κ1) is 12.5. The molecule has 0 atom stereocenters. The molecule has 2 nitrogen and oxygen atoms in total. The molecule has 1 heterocycles. The van der Waals surface area contributed by atoms with Gasteiger partial charge in [-0.2, -0.15) is 0 Å². The highest BCUT2D eigenvalue weighted by Crippen LogP contribution is 2.28. The molecule has 0 saturated heterocycles. The van der Waals surface area contributed by atoms with Crippen molar-refractivity contribution in [2.45, 2.75) is 6.61 Å². The molecule has 0 fully saturated rings. The summed E-state index contributed by atoms with van der Waals surface area (Å²) in [6, 6.07) is 10.4. The fraction of sp³-hybridized carbons (Fsp3) is 0.0833. The van der Waals surface area contributed by atoms with Gasteiger partial charge in [-0.25, -0.2) is 4.98 Å². The van der Waals surface area contributed by atoms with Gasteiger partial charge in [0, 0.05) is 5.02 Å². The van der Waals surface area contributed by atoms with Crippen LogP contribution < -0.4 is 4.74 Å². The van der Waals surface area contributed by atoms with E-state index in [1.807, 2.05) is 12.1 Å². The Balaban J connectivity index is 2.07. The van der Waals surface area contributed by atoms with Crippen LogP contribution in [0.5, 0.6) is 5.75 Å². The minimum absolute atomic E-state index is 0.307. The summed E-state index contributed by atoms with van der Waals surface area (Å²) in [5.41, 5.74) is 0.739. The third kappa shape index (κ3) is 3.50. The summed E-state index contributed by atoms with van der Waals surface area (Å²) in [4.78, 5) is 4.11. The Hall–Kier alpha value is -0.960. The Kier molecular flexibility index (Phi) is 4.11. The van der Waals surface area contributed by atoms with E-state index < -0.39 is 0 Å². The minimum Gasteiger partial charge on any atom is -0.486 e. The number of nitrogens with zero attached hydrogens (tertiary/aromatic N) is 1. The molecule has 1 aromatic heterocycles. The maximum atomic E-state index is 5.97. The number of halogens is 3. The predicted octanol–water partition coefficient (Wildman–Crippen LogP) is 4.62. The topological polar surface area (TPSA) is 22.1 Å². The fourth-order valence-corrected chi connectivity index (χ4v) is 1.92. The molecule has 0 amide bonds. The van der Waals surface area contributed by atoms with Crippen molar-refractivity contribution in [3.05, 3.63) is 57.3 Å². The van der Waals surface area contributed by atoms with Gasteiger partial charge in [-0.1, -0.05) is 40.9 Å². The first-order chi connectivity index (χ1) is 8.15. The van der Waals surface area contributed by atoms with Crippen molar-refractivity contribution < 1.29 is 4.74 Å². The molecule has 0 radical (unpaired) electrons. The van der Waals surface area contributed by atoms with E-state index in [1.165, 1.54) is 0 Å². The Bertz CT molecular complexity index is 531. The quantitative estimate of drug-likeness (QED) is 0.769. The zero-order chi connectivity index (χ0) is 12.3. The van der Waals surface area contributed by atoms with E-state index >= 15 is 0 Å². The summed E-state index contributed by atoms with van der Waals surface area (Å²) in [5, 5.41) is 1.48. The third-order valence-corrected chi connectivity index (χ3v) is 2.78. The van der Waals surface area contributed by atoms with Crippen LogP contribution in [-0.4, -0.2) is 4.98 Å². The van der Waals surface area contributed by atoms with Crippen molar-refractivity contribution in [2.75, 3.05) is 0 Å². The van der Waals surface area contributed by atoms with E-state index in [-0.39, 0.29) is 0 Å². The molecule has 5 heteroatoms. The summed E-state index contributed by atoms with van der Waals surface area (Å²) >= 11 is 17.5. The zero-order valence-electron chi connectivity index (χ0n) is 8.66.